The van der Waals surface area contributed by atoms with Crippen molar-refractivity contribution in [2.75, 3.05) is 13.6 Å². The Bertz CT molecular complexity index is 752. The van der Waals surface area contributed by atoms with E-state index in [2.05, 4.69) is 54.4 Å². The predicted molar refractivity (Wildman–Crippen MR) is 99.2 cm³/mol. The lowest BCUT2D eigenvalue weighted by atomic mass is 9.76. The van der Waals surface area contributed by atoms with Crippen LogP contribution in [0.15, 0.2) is 42.5 Å². The summed E-state index contributed by atoms with van der Waals surface area (Å²) in [6.07, 6.45) is 4.29. The molecule has 0 spiro atoms. The highest BCUT2D eigenvalue weighted by atomic mass is 16.1. The smallest absolute Gasteiger partial charge is 0.137 e. The van der Waals surface area contributed by atoms with Crippen molar-refractivity contribution in [2.45, 2.75) is 44.6 Å². The molecule has 24 heavy (non-hydrogen) atoms. The molecule has 2 aromatic rings. The van der Waals surface area contributed by atoms with Crippen LogP contribution in [0.3, 0.4) is 0 Å². The minimum atomic E-state index is 0.161. The zero-order valence-corrected chi connectivity index (χ0v) is 14.7. The first-order chi connectivity index (χ1) is 11.7. The molecule has 5 rings (SSSR count). The Kier molecular flexibility index (Phi) is 4.17. The van der Waals surface area contributed by atoms with Crippen molar-refractivity contribution in [3.8, 4) is 0 Å². The van der Waals surface area contributed by atoms with E-state index < -0.39 is 0 Å². The molecule has 1 aliphatic carbocycles. The van der Waals surface area contributed by atoms with E-state index in [1.165, 1.54) is 29.2 Å². The van der Waals surface area contributed by atoms with E-state index in [1.54, 1.807) is 0 Å². The van der Waals surface area contributed by atoms with Crippen LogP contribution < -0.4 is 0 Å². The number of piperidine rings is 1. The Hall–Kier alpha value is -1.67. The van der Waals surface area contributed by atoms with Gasteiger partial charge in [-0.1, -0.05) is 49.4 Å². The number of carbonyl (C=O) groups is 1. The standard InChI is InChI=1S/C22H27NO/c1-3-21(24)22-19(12-15-8-11-20(22)23(2)14-15)18-10-9-16-6-4-5-7-17(16)13-18/h4-7,9-10,13,15,19-20,22H,3,8,11-12,14H2,1-2H3/t15?,19-,20?,22+/m1/s1. The molecule has 2 aliphatic heterocycles. The second-order valence-corrected chi connectivity index (χ2v) is 7.74. The third-order valence-corrected chi connectivity index (χ3v) is 6.34. The van der Waals surface area contributed by atoms with Gasteiger partial charge in [-0.05, 0) is 54.5 Å². The molecular formula is C22H27NO. The second kappa shape index (κ2) is 6.33. The number of hydrogen-bond donors (Lipinski definition) is 0. The minimum absolute atomic E-state index is 0.161. The van der Waals surface area contributed by atoms with Crippen LogP contribution in [0.4, 0.5) is 0 Å². The SMILES string of the molecule is CCC(=O)[C@@H]1C2CCC(C[C@@H]1c1ccc3ccccc3c1)CN2C. The van der Waals surface area contributed by atoms with Gasteiger partial charge < -0.3 is 4.90 Å². The van der Waals surface area contributed by atoms with Crippen LogP contribution >= 0.6 is 0 Å². The number of hydrogen-bond acceptors (Lipinski definition) is 2. The number of carbonyl (C=O) groups excluding carboxylic acids is 1. The molecule has 3 aliphatic rings. The molecule has 2 heteroatoms. The third kappa shape index (κ3) is 2.67. The average Bonchev–Trinajstić information content (AvgIpc) is 2.88. The first kappa shape index (κ1) is 15.8. The van der Waals surface area contributed by atoms with Crippen LogP contribution in [-0.2, 0) is 4.79 Å². The summed E-state index contributed by atoms with van der Waals surface area (Å²) < 4.78 is 0. The van der Waals surface area contributed by atoms with Crippen molar-refractivity contribution < 1.29 is 4.79 Å². The summed E-state index contributed by atoms with van der Waals surface area (Å²) in [7, 11) is 2.22. The number of benzene rings is 2. The second-order valence-electron chi connectivity index (χ2n) is 7.74. The predicted octanol–water partition coefficient (Wildman–Crippen LogP) is 4.63. The quantitative estimate of drug-likeness (QED) is 0.821. The molecule has 1 saturated carbocycles. The van der Waals surface area contributed by atoms with E-state index >= 15 is 0 Å². The van der Waals surface area contributed by atoms with E-state index in [4.69, 9.17) is 0 Å². The molecule has 0 N–H and O–H groups in total. The molecule has 4 atom stereocenters. The van der Waals surface area contributed by atoms with Gasteiger partial charge in [0.2, 0.25) is 0 Å². The van der Waals surface area contributed by atoms with Crippen molar-refractivity contribution in [3.05, 3.63) is 48.0 Å². The molecular weight excluding hydrogens is 294 g/mol. The molecule has 0 amide bonds. The fourth-order valence-corrected chi connectivity index (χ4v) is 5.14. The van der Waals surface area contributed by atoms with Crippen molar-refractivity contribution in [2.24, 2.45) is 11.8 Å². The Labute approximate surface area is 144 Å². The van der Waals surface area contributed by atoms with Gasteiger partial charge >= 0.3 is 0 Å². The average molecular weight is 321 g/mol. The van der Waals surface area contributed by atoms with E-state index in [0.29, 0.717) is 24.2 Å². The van der Waals surface area contributed by atoms with Gasteiger partial charge in [0.05, 0.1) is 0 Å². The number of rotatable bonds is 3. The summed E-state index contributed by atoms with van der Waals surface area (Å²) >= 11 is 0. The van der Waals surface area contributed by atoms with E-state index in [-0.39, 0.29) is 5.92 Å². The van der Waals surface area contributed by atoms with Crippen molar-refractivity contribution in [1.82, 2.24) is 4.90 Å². The molecule has 2 nitrogen and oxygen atoms in total. The largest absolute Gasteiger partial charge is 0.302 e. The van der Waals surface area contributed by atoms with Crippen LogP contribution in [0.5, 0.6) is 0 Å². The van der Waals surface area contributed by atoms with Crippen molar-refractivity contribution in [3.63, 3.8) is 0 Å². The maximum absolute atomic E-state index is 12.9. The molecule has 2 heterocycles. The van der Waals surface area contributed by atoms with Gasteiger partial charge in [0, 0.05) is 24.9 Å². The van der Waals surface area contributed by atoms with Crippen molar-refractivity contribution in [1.29, 1.82) is 0 Å². The Morgan fingerprint density at radius 1 is 1.12 bits per heavy atom. The summed E-state index contributed by atoms with van der Waals surface area (Å²) in [5, 5.41) is 2.58. The van der Waals surface area contributed by atoms with Crippen LogP contribution in [0.1, 0.15) is 44.1 Å². The number of ketones is 1. The first-order valence-electron chi connectivity index (χ1n) is 9.39. The third-order valence-electron chi connectivity index (χ3n) is 6.34. The van der Waals surface area contributed by atoms with Gasteiger partial charge in [0.15, 0.2) is 0 Å². The molecule has 126 valence electrons. The summed E-state index contributed by atoms with van der Waals surface area (Å²) in [6, 6.07) is 15.8. The molecule has 2 bridgehead atoms. The molecule has 2 aromatic carbocycles. The Morgan fingerprint density at radius 3 is 2.67 bits per heavy atom. The lowest BCUT2D eigenvalue weighted by Gasteiger charge is -2.37. The fraction of sp³-hybridized carbons (Fsp3) is 0.500. The topological polar surface area (TPSA) is 20.3 Å². The van der Waals surface area contributed by atoms with Gasteiger partial charge in [0.25, 0.3) is 0 Å². The highest BCUT2D eigenvalue weighted by molar-refractivity contribution is 5.85. The van der Waals surface area contributed by atoms with Gasteiger partial charge in [-0.25, -0.2) is 0 Å². The Balaban J connectivity index is 1.78. The molecule has 3 fully saturated rings. The van der Waals surface area contributed by atoms with Gasteiger partial charge in [-0.3, -0.25) is 4.79 Å². The molecule has 0 radical (unpaired) electrons. The lowest BCUT2D eigenvalue weighted by Crippen LogP contribution is -2.45. The molecule has 0 aromatic heterocycles. The highest BCUT2D eigenvalue weighted by Crippen LogP contribution is 2.45. The van der Waals surface area contributed by atoms with Gasteiger partial charge in [0.1, 0.15) is 5.78 Å². The van der Waals surface area contributed by atoms with Crippen LogP contribution in [0.25, 0.3) is 10.8 Å². The summed E-state index contributed by atoms with van der Waals surface area (Å²) in [4.78, 5) is 15.3. The van der Waals surface area contributed by atoms with Crippen LogP contribution in [-0.4, -0.2) is 30.3 Å². The van der Waals surface area contributed by atoms with Crippen LogP contribution in [0, 0.1) is 11.8 Å². The maximum atomic E-state index is 12.9. The first-order valence-corrected chi connectivity index (χ1v) is 9.39. The number of fused-ring (bicyclic) bond motifs is 5. The maximum Gasteiger partial charge on any atom is 0.137 e. The zero-order valence-electron chi connectivity index (χ0n) is 14.7. The lowest BCUT2D eigenvalue weighted by molar-refractivity contribution is -0.125. The minimum Gasteiger partial charge on any atom is -0.302 e. The summed E-state index contributed by atoms with van der Waals surface area (Å²) in [5.41, 5.74) is 1.37. The van der Waals surface area contributed by atoms with Crippen molar-refractivity contribution >= 4 is 16.6 Å². The number of Topliss-reactive ketones (excluding diaryl/α,β-unsaturated/α-hetero) is 1. The highest BCUT2D eigenvalue weighted by Gasteiger charge is 2.44. The monoisotopic (exact) mass is 321 g/mol. The van der Waals surface area contributed by atoms with Gasteiger partial charge in [-0.2, -0.15) is 0 Å². The summed E-state index contributed by atoms with van der Waals surface area (Å²) in [6.45, 7) is 3.18. The van der Waals surface area contributed by atoms with E-state index in [1.807, 2.05) is 6.92 Å². The number of nitrogens with zero attached hydrogens (tertiary/aromatic N) is 1. The Morgan fingerprint density at radius 2 is 1.92 bits per heavy atom. The summed E-state index contributed by atoms with van der Waals surface area (Å²) in [5.74, 6) is 1.73. The van der Waals surface area contributed by atoms with Crippen LogP contribution in [0.2, 0.25) is 0 Å². The molecule has 2 saturated heterocycles. The van der Waals surface area contributed by atoms with E-state index in [0.717, 1.165) is 18.9 Å². The van der Waals surface area contributed by atoms with Gasteiger partial charge in [-0.15, -0.1) is 0 Å². The van der Waals surface area contributed by atoms with E-state index in [9.17, 15) is 4.79 Å². The normalized spacial score (nSPS) is 30.4. The zero-order chi connectivity index (χ0) is 16.7. The molecule has 2 unspecified atom stereocenters. The fourth-order valence-electron chi connectivity index (χ4n) is 5.14.